The summed E-state index contributed by atoms with van der Waals surface area (Å²) in [5, 5.41) is 9.15. The van der Waals surface area contributed by atoms with Crippen LogP contribution in [0.5, 0.6) is 11.5 Å². The number of hydrogen-bond donors (Lipinski definition) is 1. The molecule has 1 aliphatic heterocycles. The Morgan fingerprint density at radius 3 is 2.68 bits per heavy atom. The first kappa shape index (κ1) is 13.2. The predicted molar refractivity (Wildman–Crippen MR) is 64.1 cm³/mol. The number of ether oxygens (including phenoxy) is 3. The lowest BCUT2D eigenvalue weighted by molar-refractivity contribution is -0.144. The summed E-state index contributed by atoms with van der Waals surface area (Å²) in [6.45, 7) is 0. The molecule has 1 heterocycles. The van der Waals surface area contributed by atoms with Crippen molar-refractivity contribution in [3.63, 3.8) is 0 Å². The van der Waals surface area contributed by atoms with Crippen LogP contribution >= 0.6 is 0 Å². The number of carbonyl (C=O) groups excluding carboxylic acids is 1. The highest BCUT2D eigenvalue weighted by Gasteiger charge is 2.42. The van der Waals surface area contributed by atoms with Crippen molar-refractivity contribution in [3.05, 3.63) is 23.8 Å². The lowest BCUT2D eigenvalue weighted by Crippen LogP contribution is -2.18. The standard InChI is InChI=1S/C13H14O6/c1-17-9-5-3-4-7(12(9)18-2)11-8(13(15)16)6-10(14)19-11/h3-5,8,11H,6H2,1-2H3,(H,15,16)/t8-,11-/m1/s1. The van der Waals surface area contributed by atoms with Gasteiger partial charge in [-0.15, -0.1) is 0 Å². The van der Waals surface area contributed by atoms with Gasteiger partial charge in [-0.05, 0) is 6.07 Å². The average molecular weight is 266 g/mol. The molecule has 0 amide bonds. The van der Waals surface area contributed by atoms with Crippen molar-refractivity contribution < 1.29 is 28.9 Å². The maximum atomic E-state index is 11.3. The highest BCUT2D eigenvalue weighted by atomic mass is 16.6. The van der Waals surface area contributed by atoms with E-state index in [2.05, 4.69) is 0 Å². The molecule has 1 N–H and O–H groups in total. The van der Waals surface area contributed by atoms with Gasteiger partial charge in [0.1, 0.15) is 12.0 Å². The number of carboxylic acid groups (broad SMARTS) is 1. The zero-order valence-corrected chi connectivity index (χ0v) is 10.6. The quantitative estimate of drug-likeness (QED) is 0.829. The molecule has 1 fully saturated rings. The lowest BCUT2D eigenvalue weighted by atomic mass is 9.94. The fourth-order valence-electron chi connectivity index (χ4n) is 2.19. The van der Waals surface area contributed by atoms with E-state index in [-0.39, 0.29) is 6.42 Å². The Hall–Kier alpha value is -2.24. The van der Waals surface area contributed by atoms with E-state index in [0.29, 0.717) is 17.1 Å². The average Bonchev–Trinajstić information content (AvgIpc) is 2.79. The van der Waals surface area contributed by atoms with Crippen LogP contribution < -0.4 is 9.47 Å². The van der Waals surface area contributed by atoms with Gasteiger partial charge in [-0.1, -0.05) is 12.1 Å². The number of para-hydroxylation sites is 1. The monoisotopic (exact) mass is 266 g/mol. The molecule has 0 radical (unpaired) electrons. The Morgan fingerprint density at radius 1 is 1.37 bits per heavy atom. The molecular weight excluding hydrogens is 252 g/mol. The van der Waals surface area contributed by atoms with Crippen molar-refractivity contribution in [1.29, 1.82) is 0 Å². The van der Waals surface area contributed by atoms with Gasteiger partial charge in [-0.3, -0.25) is 9.59 Å². The molecule has 1 aromatic rings. The van der Waals surface area contributed by atoms with Crippen LogP contribution in [0.4, 0.5) is 0 Å². The van der Waals surface area contributed by atoms with Gasteiger partial charge in [0.05, 0.1) is 20.6 Å². The second-order valence-corrected chi connectivity index (χ2v) is 4.14. The van der Waals surface area contributed by atoms with Crippen LogP contribution in [0.25, 0.3) is 0 Å². The Bertz CT molecular complexity index is 510. The number of benzene rings is 1. The maximum Gasteiger partial charge on any atom is 0.311 e. The molecule has 0 aliphatic carbocycles. The predicted octanol–water partition coefficient (Wildman–Crippen LogP) is 1.39. The number of carboxylic acids is 1. The molecule has 0 spiro atoms. The minimum atomic E-state index is -1.07. The minimum Gasteiger partial charge on any atom is -0.493 e. The zero-order chi connectivity index (χ0) is 14.0. The van der Waals surface area contributed by atoms with E-state index in [4.69, 9.17) is 19.3 Å². The highest BCUT2D eigenvalue weighted by molar-refractivity contribution is 5.83. The van der Waals surface area contributed by atoms with Crippen LogP contribution in [0.1, 0.15) is 18.1 Å². The summed E-state index contributed by atoms with van der Waals surface area (Å²) < 4.78 is 15.5. The highest BCUT2D eigenvalue weighted by Crippen LogP contribution is 2.43. The number of methoxy groups -OCH3 is 2. The molecule has 2 rings (SSSR count). The van der Waals surface area contributed by atoms with Gasteiger partial charge in [-0.25, -0.2) is 0 Å². The van der Waals surface area contributed by atoms with Crippen molar-refractivity contribution >= 4 is 11.9 Å². The second kappa shape index (κ2) is 5.17. The maximum absolute atomic E-state index is 11.3. The van der Waals surface area contributed by atoms with Crippen LogP contribution in [0.2, 0.25) is 0 Å². The first-order chi connectivity index (χ1) is 9.08. The molecule has 102 valence electrons. The van der Waals surface area contributed by atoms with E-state index in [1.54, 1.807) is 18.2 Å². The van der Waals surface area contributed by atoms with Crippen molar-refractivity contribution in [2.45, 2.75) is 12.5 Å². The molecule has 19 heavy (non-hydrogen) atoms. The van der Waals surface area contributed by atoms with E-state index in [1.807, 2.05) is 0 Å². The molecule has 0 saturated carbocycles. The third-order valence-electron chi connectivity index (χ3n) is 3.07. The van der Waals surface area contributed by atoms with Crippen LogP contribution in [0, 0.1) is 5.92 Å². The van der Waals surface area contributed by atoms with Gasteiger partial charge in [0.25, 0.3) is 0 Å². The number of carbonyl (C=O) groups is 2. The van der Waals surface area contributed by atoms with Gasteiger partial charge in [0.2, 0.25) is 0 Å². The summed E-state index contributed by atoms with van der Waals surface area (Å²) in [4.78, 5) is 22.5. The molecule has 6 heteroatoms. The van der Waals surface area contributed by atoms with Crippen molar-refractivity contribution in [1.82, 2.24) is 0 Å². The van der Waals surface area contributed by atoms with Crippen LogP contribution in [0.3, 0.4) is 0 Å². The third-order valence-corrected chi connectivity index (χ3v) is 3.07. The third kappa shape index (κ3) is 2.33. The van der Waals surface area contributed by atoms with Crippen LogP contribution in [-0.2, 0) is 14.3 Å². The Morgan fingerprint density at radius 2 is 2.11 bits per heavy atom. The van der Waals surface area contributed by atoms with Crippen molar-refractivity contribution in [2.75, 3.05) is 14.2 Å². The molecule has 0 aromatic heterocycles. The molecule has 2 atom stereocenters. The fourth-order valence-corrected chi connectivity index (χ4v) is 2.19. The number of rotatable bonds is 4. The molecular formula is C13H14O6. The SMILES string of the molecule is COc1cccc([C@H]2OC(=O)C[C@H]2C(=O)O)c1OC. The normalized spacial score (nSPS) is 21.9. The second-order valence-electron chi connectivity index (χ2n) is 4.14. The van der Waals surface area contributed by atoms with Crippen LogP contribution in [-0.4, -0.2) is 31.3 Å². The van der Waals surface area contributed by atoms with Crippen LogP contribution in [0.15, 0.2) is 18.2 Å². The summed E-state index contributed by atoms with van der Waals surface area (Å²) in [5.74, 6) is -1.65. The number of aliphatic carboxylic acids is 1. The Balaban J connectivity index is 2.45. The van der Waals surface area contributed by atoms with E-state index >= 15 is 0 Å². The molecule has 6 nitrogen and oxygen atoms in total. The minimum absolute atomic E-state index is 0.139. The van der Waals surface area contributed by atoms with E-state index in [0.717, 1.165) is 0 Å². The van der Waals surface area contributed by atoms with Gasteiger partial charge in [-0.2, -0.15) is 0 Å². The first-order valence-corrected chi connectivity index (χ1v) is 5.71. The number of esters is 1. The smallest absolute Gasteiger partial charge is 0.311 e. The van der Waals surface area contributed by atoms with Gasteiger partial charge < -0.3 is 19.3 Å². The summed E-state index contributed by atoms with van der Waals surface area (Å²) in [5.41, 5.74) is 0.500. The van der Waals surface area contributed by atoms with E-state index < -0.39 is 24.0 Å². The number of hydrogen-bond acceptors (Lipinski definition) is 5. The van der Waals surface area contributed by atoms with E-state index in [1.165, 1.54) is 14.2 Å². The molecule has 1 aliphatic rings. The summed E-state index contributed by atoms with van der Waals surface area (Å²) in [6.07, 6.45) is -0.990. The van der Waals surface area contributed by atoms with Gasteiger partial charge >= 0.3 is 11.9 Å². The molecule has 1 saturated heterocycles. The van der Waals surface area contributed by atoms with Crippen molar-refractivity contribution in [2.24, 2.45) is 5.92 Å². The summed E-state index contributed by atoms with van der Waals surface area (Å²) in [6, 6.07) is 5.05. The van der Waals surface area contributed by atoms with Crippen molar-refractivity contribution in [3.8, 4) is 11.5 Å². The fraction of sp³-hybridized carbons (Fsp3) is 0.385. The van der Waals surface area contributed by atoms with E-state index in [9.17, 15) is 9.59 Å². The lowest BCUT2D eigenvalue weighted by Gasteiger charge is -2.19. The molecule has 0 unspecified atom stereocenters. The molecule has 0 bridgehead atoms. The Kier molecular flexibility index (Phi) is 3.59. The largest absolute Gasteiger partial charge is 0.493 e. The topological polar surface area (TPSA) is 82.1 Å². The summed E-state index contributed by atoms with van der Waals surface area (Å²) >= 11 is 0. The first-order valence-electron chi connectivity index (χ1n) is 5.71. The Labute approximate surface area is 109 Å². The summed E-state index contributed by atoms with van der Waals surface area (Å²) in [7, 11) is 2.94. The van der Waals surface area contributed by atoms with Gasteiger partial charge in [0.15, 0.2) is 11.5 Å². The van der Waals surface area contributed by atoms with Gasteiger partial charge in [0, 0.05) is 5.56 Å². The number of cyclic esters (lactones) is 1. The molecule has 1 aromatic carbocycles. The zero-order valence-electron chi connectivity index (χ0n) is 10.6.